The van der Waals surface area contributed by atoms with Crippen LogP contribution in [0.1, 0.15) is 11.4 Å². The van der Waals surface area contributed by atoms with Crippen LogP contribution in [0.5, 0.6) is 0 Å². The third-order valence-electron chi connectivity index (χ3n) is 3.64. The molecule has 0 N–H and O–H groups in total. The highest BCUT2D eigenvalue weighted by atomic mass is 35.5. The Bertz CT molecular complexity index is 955. The minimum atomic E-state index is 0.384. The predicted molar refractivity (Wildman–Crippen MR) is 88.5 cm³/mol. The van der Waals surface area contributed by atoms with E-state index in [9.17, 15) is 0 Å². The van der Waals surface area contributed by atoms with Crippen molar-refractivity contribution in [2.24, 2.45) is 0 Å². The number of nitrogens with zero attached hydrogens (tertiary/aromatic N) is 3. The zero-order valence-corrected chi connectivity index (χ0v) is 12.9. The molecule has 0 spiro atoms. The number of hydrogen-bond donors (Lipinski definition) is 0. The average molecular weight is 314 g/mol. The van der Waals surface area contributed by atoms with Crippen molar-refractivity contribution >= 4 is 44.2 Å². The van der Waals surface area contributed by atoms with Gasteiger partial charge in [0, 0.05) is 5.69 Å². The zero-order valence-electron chi connectivity index (χ0n) is 11.4. The van der Waals surface area contributed by atoms with Gasteiger partial charge < -0.3 is 0 Å². The molecule has 5 heteroatoms. The minimum absolute atomic E-state index is 0.384. The maximum Gasteiger partial charge on any atom is 0.129 e. The van der Waals surface area contributed by atoms with Crippen LogP contribution in [0.3, 0.4) is 0 Å². The summed E-state index contributed by atoms with van der Waals surface area (Å²) >= 11 is 7.75. The monoisotopic (exact) mass is 313 g/mol. The van der Waals surface area contributed by atoms with E-state index in [1.807, 2.05) is 23.7 Å². The molecule has 2 aromatic carbocycles. The van der Waals surface area contributed by atoms with E-state index in [2.05, 4.69) is 39.7 Å². The molecule has 0 saturated heterocycles. The number of halogens is 1. The first-order valence-electron chi connectivity index (χ1n) is 6.64. The molecule has 4 aromatic rings. The summed E-state index contributed by atoms with van der Waals surface area (Å²) in [7, 11) is 0. The first kappa shape index (κ1) is 12.8. The Morgan fingerprint density at radius 1 is 1.19 bits per heavy atom. The van der Waals surface area contributed by atoms with Crippen molar-refractivity contribution in [2.45, 2.75) is 12.8 Å². The molecule has 0 bridgehead atoms. The number of para-hydroxylation sites is 1. The predicted octanol–water partition coefficient (Wildman–Crippen LogP) is 4.68. The van der Waals surface area contributed by atoms with Crippen molar-refractivity contribution in [3.05, 3.63) is 53.3 Å². The molecule has 0 aliphatic heterocycles. The molecule has 0 amide bonds. The van der Waals surface area contributed by atoms with Gasteiger partial charge in [0.2, 0.25) is 0 Å². The summed E-state index contributed by atoms with van der Waals surface area (Å²) in [4.78, 5) is 8.99. The van der Waals surface area contributed by atoms with Gasteiger partial charge in [-0.25, -0.2) is 9.97 Å². The van der Waals surface area contributed by atoms with Gasteiger partial charge in [-0.2, -0.15) is 0 Å². The van der Waals surface area contributed by atoms with Crippen LogP contribution in [-0.4, -0.2) is 14.5 Å². The number of benzene rings is 2. The van der Waals surface area contributed by atoms with Crippen LogP contribution in [-0.2, 0) is 5.88 Å². The molecular formula is C16H12ClN3S. The average Bonchev–Trinajstić information content (AvgIpc) is 3.10. The van der Waals surface area contributed by atoms with Crippen molar-refractivity contribution in [2.75, 3.05) is 0 Å². The van der Waals surface area contributed by atoms with Gasteiger partial charge in [-0.05, 0) is 36.8 Å². The van der Waals surface area contributed by atoms with E-state index in [0.717, 1.165) is 28.1 Å². The molecule has 0 radical (unpaired) electrons. The van der Waals surface area contributed by atoms with Crippen LogP contribution in [0.25, 0.3) is 26.9 Å². The highest BCUT2D eigenvalue weighted by Crippen LogP contribution is 2.28. The van der Waals surface area contributed by atoms with Crippen LogP contribution >= 0.6 is 22.9 Å². The van der Waals surface area contributed by atoms with Crippen LogP contribution < -0.4 is 0 Å². The van der Waals surface area contributed by atoms with Crippen molar-refractivity contribution in [3.63, 3.8) is 0 Å². The Balaban J connectivity index is 2.08. The summed E-state index contributed by atoms with van der Waals surface area (Å²) in [6, 6.07) is 12.4. The molecule has 104 valence electrons. The molecule has 0 unspecified atom stereocenters. The highest BCUT2D eigenvalue weighted by molar-refractivity contribution is 7.16. The second kappa shape index (κ2) is 4.83. The van der Waals surface area contributed by atoms with E-state index in [4.69, 9.17) is 11.6 Å². The molecule has 0 fully saturated rings. The van der Waals surface area contributed by atoms with Gasteiger partial charge in [-0.15, -0.1) is 22.9 Å². The summed E-state index contributed by atoms with van der Waals surface area (Å²) in [6.07, 6.45) is 0. The number of thiazole rings is 1. The van der Waals surface area contributed by atoms with Gasteiger partial charge in [0.15, 0.2) is 0 Å². The van der Waals surface area contributed by atoms with Crippen molar-refractivity contribution in [1.29, 1.82) is 0 Å². The number of aryl methyl sites for hydroxylation is 1. The summed E-state index contributed by atoms with van der Waals surface area (Å²) in [5, 5.41) is 0. The number of alkyl halides is 1. The largest absolute Gasteiger partial charge is 0.295 e. The van der Waals surface area contributed by atoms with Gasteiger partial charge in [0.1, 0.15) is 5.82 Å². The molecular weight excluding hydrogens is 302 g/mol. The highest BCUT2D eigenvalue weighted by Gasteiger charge is 2.14. The quantitative estimate of drug-likeness (QED) is 0.503. The Morgan fingerprint density at radius 2 is 2.10 bits per heavy atom. The van der Waals surface area contributed by atoms with Crippen molar-refractivity contribution in [3.8, 4) is 5.69 Å². The van der Waals surface area contributed by atoms with Crippen molar-refractivity contribution < 1.29 is 0 Å². The van der Waals surface area contributed by atoms with Gasteiger partial charge in [-0.1, -0.05) is 12.1 Å². The number of aromatic nitrogens is 3. The lowest BCUT2D eigenvalue weighted by atomic mass is 10.2. The van der Waals surface area contributed by atoms with E-state index < -0.39 is 0 Å². The molecule has 3 nitrogen and oxygen atoms in total. The molecule has 2 aromatic heterocycles. The van der Waals surface area contributed by atoms with E-state index >= 15 is 0 Å². The van der Waals surface area contributed by atoms with Crippen LogP contribution in [0, 0.1) is 6.92 Å². The van der Waals surface area contributed by atoms with Crippen LogP contribution in [0.2, 0.25) is 0 Å². The van der Waals surface area contributed by atoms with Gasteiger partial charge in [-0.3, -0.25) is 4.57 Å². The van der Waals surface area contributed by atoms with E-state index in [0.29, 0.717) is 5.88 Å². The third kappa shape index (κ3) is 1.94. The lowest BCUT2D eigenvalue weighted by Gasteiger charge is -2.09. The van der Waals surface area contributed by atoms with Crippen molar-refractivity contribution in [1.82, 2.24) is 14.5 Å². The van der Waals surface area contributed by atoms with Crippen LogP contribution in [0.4, 0.5) is 0 Å². The fourth-order valence-electron chi connectivity index (χ4n) is 2.69. The molecule has 0 aliphatic rings. The topological polar surface area (TPSA) is 30.7 Å². The number of rotatable bonds is 2. The smallest absolute Gasteiger partial charge is 0.129 e. The van der Waals surface area contributed by atoms with E-state index in [1.165, 1.54) is 10.3 Å². The molecule has 0 aliphatic carbocycles. The lowest BCUT2D eigenvalue weighted by Crippen LogP contribution is -2.00. The fourth-order valence-corrected chi connectivity index (χ4v) is 3.58. The number of hydrogen-bond acceptors (Lipinski definition) is 3. The zero-order chi connectivity index (χ0) is 14.4. The molecule has 21 heavy (non-hydrogen) atoms. The molecule has 4 rings (SSSR count). The van der Waals surface area contributed by atoms with Gasteiger partial charge >= 0.3 is 0 Å². The number of fused-ring (bicyclic) bond motifs is 2. The summed E-state index contributed by atoms with van der Waals surface area (Å²) in [5.74, 6) is 1.25. The maximum atomic E-state index is 6.11. The maximum absolute atomic E-state index is 6.11. The van der Waals surface area contributed by atoms with Crippen LogP contribution in [0.15, 0.2) is 41.9 Å². The Hall–Kier alpha value is -1.91. The van der Waals surface area contributed by atoms with E-state index in [-0.39, 0.29) is 0 Å². The molecule has 0 atom stereocenters. The van der Waals surface area contributed by atoms with Gasteiger partial charge in [0.05, 0.1) is 32.6 Å². The Kier molecular flexibility index (Phi) is 2.94. The Morgan fingerprint density at radius 3 is 2.95 bits per heavy atom. The summed E-state index contributed by atoms with van der Waals surface area (Å²) < 4.78 is 3.32. The summed E-state index contributed by atoms with van der Waals surface area (Å²) in [6.45, 7) is 2.10. The molecule has 2 heterocycles. The fraction of sp³-hybridized carbons (Fsp3) is 0.125. The van der Waals surface area contributed by atoms with Gasteiger partial charge in [0.25, 0.3) is 0 Å². The first-order valence-corrected chi connectivity index (χ1v) is 8.06. The Labute approximate surface area is 130 Å². The standard InChI is InChI=1S/C16H12ClN3S/c1-10-3-2-4-13-16(10)20(15(8-17)19-13)11-5-6-12-14(7-11)21-9-18-12/h2-7,9H,8H2,1H3. The second-order valence-corrected chi connectivity index (χ2v) is 6.10. The SMILES string of the molecule is Cc1cccc2nc(CCl)n(-c3ccc4ncsc4c3)c12. The normalized spacial score (nSPS) is 11.5. The third-order valence-corrected chi connectivity index (χ3v) is 4.67. The minimum Gasteiger partial charge on any atom is -0.295 e. The summed E-state index contributed by atoms with van der Waals surface area (Å²) in [5.41, 5.74) is 7.28. The lowest BCUT2D eigenvalue weighted by molar-refractivity contribution is 0.981. The first-order chi connectivity index (χ1) is 10.3. The second-order valence-electron chi connectivity index (χ2n) is 4.94. The number of imidazole rings is 1. The molecule has 0 saturated carbocycles. The van der Waals surface area contributed by atoms with E-state index in [1.54, 1.807) is 11.3 Å².